The third-order valence-corrected chi connectivity index (χ3v) is 3.72. The lowest BCUT2D eigenvalue weighted by molar-refractivity contribution is 0.0240. The first-order valence-corrected chi connectivity index (χ1v) is 7.35. The van der Waals surface area contributed by atoms with Crippen molar-refractivity contribution >= 4 is 12.0 Å². The fraction of sp³-hybridized carbons (Fsp3) is 0.667. The van der Waals surface area contributed by atoms with E-state index in [9.17, 15) is 4.79 Å². The quantitative estimate of drug-likeness (QED) is 0.907. The second-order valence-electron chi connectivity index (χ2n) is 7.19. The first kappa shape index (κ1) is 14.1. The number of nitrogens with zero attached hydrogens (tertiary/aromatic N) is 3. The van der Waals surface area contributed by atoms with Gasteiger partial charge in [0.15, 0.2) is 0 Å². The Kier molecular flexibility index (Phi) is 3.07. The molecule has 0 bridgehead atoms. The molecule has 114 valence electrons. The molecule has 0 atom stereocenters. The minimum atomic E-state index is -0.481. The van der Waals surface area contributed by atoms with Gasteiger partial charge < -0.3 is 10.1 Å². The molecule has 1 amide bonds. The number of carbonyl (C=O) groups is 1. The van der Waals surface area contributed by atoms with Crippen LogP contribution in [0.2, 0.25) is 0 Å². The average Bonchev–Trinajstić information content (AvgIpc) is 2.92. The zero-order chi connectivity index (χ0) is 15.3. The number of anilines is 1. The highest BCUT2D eigenvalue weighted by atomic mass is 16.6. The average molecular weight is 290 g/mol. The van der Waals surface area contributed by atoms with Gasteiger partial charge in [-0.15, -0.1) is 0 Å². The van der Waals surface area contributed by atoms with E-state index in [2.05, 4.69) is 22.2 Å². The molecule has 0 spiro atoms. The standard InChI is InChI=1S/C15H22N4O2/c1-14(2,3)21-13(20)19-8-10-7-16-12(17-11(10)9-19)18-15(4)5-6-15/h7H,5-6,8-9H2,1-4H3,(H,16,17,18). The number of carbonyl (C=O) groups excluding carboxylic acids is 1. The van der Waals surface area contributed by atoms with E-state index in [1.807, 2.05) is 20.8 Å². The van der Waals surface area contributed by atoms with E-state index in [-0.39, 0.29) is 11.6 Å². The van der Waals surface area contributed by atoms with Gasteiger partial charge in [0.05, 0.1) is 18.8 Å². The Bertz CT molecular complexity index is 576. The van der Waals surface area contributed by atoms with Gasteiger partial charge in [0.2, 0.25) is 5.95 Å². The fourth-order valence-corrected chi connectivity index (χ4v) is 2.25. The van der Waals surface area contributed by atoms with Crippen LogP contribution in [0.1, 0.15) is 51.8 Å². The number of hydrogen-bond acceptors (Lipinski definition) is 5. The van der Waals surface area contributed by atoms with Crippen LogP contribution in [0, 0.1) is 0 Å². The van der Waals surface area contributed by atoms with Crippen molar-refractivity contribution in [1.82, 2.24) is 14.9 Å². The Morgan fingerprint density at radius 1 is 1.38 bits per heavy atom. The van der Waals surface area contributed by atoms with E-state index in [4.69, 9.17) is 4.74 Å². The van der Waals surface area contributed by atoms with Crippen LogP contribution < -0.4 is 5.32 Å². The molecule has 6 heteroatoms. The van der Waals surface area contributed by atoms with E-state index in [1.54, 1.807) is 11.1 Å². The maximum Gasteiger partial charge on any atom is 0.410 e. The van der Waals surface area contributed by atoms with Crippen molar-refractivity contribution in [2.24, 2.45) is 0 Å². The van der Waals surface area contributed by atoms with Gasteiger partial charge in [-0.3, -0.25) is 4.90 Å². The summed E-state index contributed by atoms with van der Waals surface area (Å²) < 4.78 is 5.40. The lowest BCUT2D eigenvalue weighted by Crippen LogP contribution is -2.33. The van der Waals surface area contributed by atoms with Crippen LogP contribution in [-0.4, -0.2) is 32.1 Å². The number of amides is 1. The fourth-order valence-electron chi connectivity index (χ4n) is 2.25. The van der Waals surface area contributed by atoms with Gasteiger partial charge in [0.25, 0.3) is 0 Å². The Hall–Kier alpha value is -1.85. The zero-order valence-corrected chi connectivity index (χ0v) is 13.1. The molecule has 0 radical (unpaired) electrons. The van der Waals surface area contributed by atoms with Crippen molar-refractivity contribution in [3.8, 4) is 0 Å². The molecule has 1 aromatic heterocycles. The Labute approximate surface area is 124 Å². The third-order valence-electron chi connectivity index (χ3n) is 3.72. The third kappa shape index (κ3) is 3.25. The smallest absolute Gasteiger partial charge is 0.410 e. The molecule has 1 aliphatic heterocycles. The normalized spacial score (nSPS) is 19.1. The molecule has 0 saturated heterocycles. The summed E-state index contributed by atoms with van der Waals surface area (Å²) >= 11 is 0. The molecular formula is C15H22N4O2. The molecule has 2 aliphatic rings. The highest BCUT2D eigenvalue weighted by molar-refractivity contribution is 5.69. The van der Waals surface area contributed by atoms with Crippen molar-refractivity contribution in [3.63, 3.8) is 0 Å². The van der Waals surface area contributed by atoms with Crippen LogP contribution in [-0.2, 0) is 17.8 Å². The molecule has 6 nitrogen and oxygen atoms in total. The summed E-state index contributed by atoms with van der Waals surface area (Å²) in [7, 11) is 0. The zero-order valence-electron chi connectivity index (χ0n) is 13.1. The van der Waals surface area contributed by atoms with Crippen LogP contribution in [0.5, 0.6) is 0 Å². The Morgan fingerprint density at radius 2 is 2.10 bits per heavy atom. The minimum absolute atomic E-state index is 0.150. The van der Waals surface area contributed by atoms with Crippen molar-refractivity contribution in [2.75, 3.05) is 5.32 Å². The largest absolute Gasteiger partial charge is 0.444 e. The Balaban J connectivity index is 1.68. The number of ether oxygens (including phenoxy) is 1. The van der Waals surface area contributed by atoms with Gasteiger partial charge in [0.1, 0.15) is 5.60 Å². The van der Waals surface area contributed by atoms with Crippen molar-refractivity contribution in [1.29, 1.82) is 0 Å². The second kappa shape index (κ2) is 4.58. The van der Waals surface area contributed by atoms with Crippen LogP contribution in [0.15, 0.2) is 6.20 Å². The van der Waals surface area contributed by atoms with Gasteiger partial charge in [-0.25, -0.2) is 14.8 Å². The second-order valence-corrected chi connectivity index (χ2v) is 7.19. The summed E-state index contributed by atoms with van der Waals surface area (Å²) in [6, 6.07) is 0. The first-order chi connectivity index (χ1) is 9.74. The van der Waals surface area contributed by atoms with Gasteiger partial charge in [0, 0.05) is 17.3 Å². The molecule has 0 unspecified atom stereocenters. The summed E-state index contributed by atoms with van der Waals surface area (Å²) in [6.07, 6.45) is 3.81. The predicted octanol–water partition coefficient (Wildman–Crippen LogP) is 2.69. The van der Waals surface area contributed by atoms with E-state index < -0.39 is 5.60 Å². The molecule has 1 N–H and O–H groups in total. The van der Waals surface area contributed by atoms with E-state index in [1.165, 1.54) is 0 Å². The van der Waals surface area contributed by atoms with Crippen LogP contribution in [0.25, 0.3) is 0 Å². The Morgan fingerprint density at radius 3 is 2.71 bits per heavy atom. The monoisotopic (exact) mass is 290 g/mol. The van der Waals surface area contributed by atoms with Crippen LogP contribution >= 0.6 is 0 Å². The maximum atomic E-state index is 12.1. The van der Waals surface area contributed by atoms with Gasteiger partial charge in [-0.2, -0.15) is 0 Å². The molecule has 21 heavy (non-hydrogen) atoms. The summed E-state index contributed by atoms with van der Waals surface area (Å²) in [5.41, 5.74) is 1.57. The summed E-state index contributed by atoms with van der Waals surface area (Å²) in [5.74, 6) is 0.653. The number of hydrogen-bond donors (Lipinski definition) is 1. The predicted molar refractivity (Wildman–Crippen MR) is 78.8 cm³/mol. The van der Waals surface area contributed by atoms with Crippen molar-refractivity contribution in [3.05, 3.63) is 17.5 Å². The minimum Gasteiger partial charge on any atom is -0.444 e. The summed E-state index contributed by atoms with van der Waals surface area (Å²) in [5, 5.41) is 3.35. The topological polar surface area (TPSA) is 67.4 Å². The molecule has 1 aliphatic carbocycles. The molecule has 1 aromatic rings. The SMILES string of the molecule is CC1(Nc2ncc3c(n2)CN(C(=O)OC(C)(C)C)C3)CC1. The lowest BCUT2D eigenvalue weighted by atomic mass is 10.2. The molecule has 2 heterocycles. The van der Waals surface area contributed by atoms with Gasteiger partial charge in [-0.1, -0.05) is 0 Å². The van der Waals surface area contributed by atoms with E-state index in [0.29, 0.717) is 19.0 Å². The molecule has 1 fully saturated rings. The van der Waals surface area contributed by atoms with E-state index in [0.717, 1.165) is 24.1 Å². The molecule has 1 saturated carbocycles. The molecular weight excluding hydrogens is 268 g/mol. The highest BCUT2D eigenvalue weighted by Crippen LogP contribution is 2.37. The van der Waals surface area contributed by atoms with Crippen LogP contribution in [0.4, 0.5) is 10.7 Å². The number of nitrogens with one attached hydrogen (secondary N) is 1. The molecule has 3 rings (SSSR count). The summed E-state index contributed by atoms with van der Waals surface area (Å²) in [6.45, 7) is 8.77. The van der Waals surface area contributed by atoms with E-state index >= 15 is 0 Å². The number of aromatic nitrogens is 2. The highest BCUT2D eigenvalue weighted by Gasteiger charge is 2.38. The first-order valence-electron chi connectivity index (χ1n) is 7.35. The summed E-state index contributed by atoms with van der Waals surface area (Å²) in [4.78, 5) is 22.6. The lowest BCUT2D eigenvalue weighted by Gasteiger charge is -2.23. The van der Waals surface area contributed by atoms with Gasteiger partial charge in [-0.05, 0) is 40.5 Å². The van der Waals surface area contributed by atoms with Crippen molar-refractivity contribution < 1.29 is 9.53 Å². The van der Waals surface area contributed by atoms with Gasteiger partial charge >= 0.3 is 6.09 Å². The number of fused-ring (bicyclic) bond motifs is 1. The number of rotatable bonds is 2. The maximum absolute atomic E-state index is 12.1. The molecule has 0 aromatic carbocycles. The van der Waals surface area contributed by atoms with Crippen LogP contribution in [0.3, 0.4) is 0 Å². The van der Waals surface area contributed by atoms with Crippen molar-refractivity contribution in [2.45, 2.75) is 64.8 Å².